The highest BCUT2D eigenvalue weighted by Crippen LogP contribution is 2.26. The zero-order valence-corrected chi connectivity index (χ0v) is 14.7. The molecule has 0 radical (unpaired) electrons. The van der Waals surface area contributed by atoms with Crippen molar-refractivity contribution in [1.82, 2.24) is 15.3 Å². The topological polar surface area (TPSA) is 76.1 Å². The molecule has 2 aromatic carbocycles. The molecule has 0 fully saturated rings. The van der Waals surface area contributed by atoms with Gasteiger partial charge in [0.25, 0.3) is 5.91 Å². The molecule has 0 aliphatic heterocycles. The van der Waals surface area contributed by atoms with E-state index >= 15 is 0 Å². The van der Waals surface area contributed by atoms with Crippen LogP contribution in [0.2, 0.25) is 0 Å². The molecule has 0 saturated carbocycles. The second-order valence-corrected chi connectivity index (χ2v) is 5.78. The number of benzene rings is 2. The van der Waals surface area contributed by atoms with E-state index in [0.717, 1.165) is 11.3 Å². The number of carbonyl (C=O) groups is 1. The Kier molecular flexibility index (Phi) is 5.43. The van der Waals surface area contributed by atoms with E-state index in [1.807, 2.05) is 55.5 Å². The van der Waals surface area contributed by atoms with Crippen molar-refractivity contribution in [3.63, 3.8) is 0 Å². The molecule has 0 bridgehead atoms. The fraction of sp³-hybridized carbons (Fsp3) is 0.150. The number of nitrogens with one attached hydrogen (secondary N) is 2. The Morgan fingerprint density at radius 2 is 1.85 bits per heavy atom. The van der Waals surface area contributed by atoms with Gasteiger partial charge in [0.15, 0.2) is 0 Å². The van der Waals surface area contributed by atoms with Gasteiger partial charge in [0, 0.05) is 12.6 Å². The van der Waals surface area contributed by atoms with E-state index in [1.54, 1.807) is 13.2 Å². The van der Waals surface area contributed by atoms with Gasteiger partial charge in [0.2, 0.25) is 0 Å². The van der Waals surface area contributed by atoms with Gasteiger partial charge in [-0.05, 0) is 24.6 Å². The van der Waals surface area contributed by atoms with Gasteiger partial charge >= 0.3 is 0 Å². The van der Waals surface area contributed by atoms with Crippen molar-refractivity contribution < 1.29 is 9.53 Å². The second kappa shape index (κ2) is 8.11. The van der Waals surface area contributed by atoms with Crippen LogP contribution in [0.5, 0.6) is 5.75 Å². The van der Waals surface area contributed by atoms with Crippen molar-refractivity contribution in [1.29, 1.82) is 0 Å². The van der Waals surface area contributed by atoms with E-state index in [1.165, 1.54) is 11.9 Å². The predicted octanol–water partition coefficient (Wildman–Crippen LogP) is 3.47. The van der Waals surface area contributed by atoms with Gasteiger partial charge in [-0.1, -0.05) is 42.0 Å². The number of carbonyl (C=O) groups excluding carboxylic acids is 1. The molecule has 1 amide bonds. The minimum Gasteiger partial charge on any atom is -0.495 e. The quantitative estimate of drug-likeness (QED) is 0.713. The van der Waals surface area contributed by atoms with E-state index in [9.17, 15) is 4.79 Å². The van der Waals surface area contributed by atoms with Gasteiger partial charge in [-0.3, -0.25) is 4.79 Å². The van der Waals surface area contributed by atoms with E-state index in [0.29, 0.717) is 23.8 Å². The highest BCUT2D eigenvalue weighted by molar-refractivity contribution is 5.93. The summed E-state index contributed by atoms with van der Waals surface area (Å²) in [6.07, 6.45) is 1.36. The smallest absolute Gasteiger partial charge is 0.270 e. The third-order valence-electron chi connectivity index (χ3n) is 3.84. The number of anilines is 2. The number of nitrogens with zero attached hydrogens (tertiary/aromatic N) is 2. The van der Waals surface area contributed by atoms with Crippen LogP contribution in [0.3, 0.4) is 0 Å². The summed E-state index contributed by atoms with van der Waals surface area (Å²) in [6, 6.07) is 17.1. The molecule has 0 saturated heterocycles. The fourth-order valence-corrected chi connectivity index (χ4v) is 2.41. The van der Waals surface area contributed by atoms with Crippen molar-refractivity contribution in [2.45, 2.75) is 13.5 Å². The lowest BCUT2D eigenvalue weighted by atomic mass is 10.1. The molecule has 6 heteroatoms. The van der Waals surface area contributed by atoms with Crippen LogP contribution < -0.4 is 15.4 Å². The van der Waals surface area contributed by atoms with E-state index < -0.39 is 0 Å². The second-order valence-electron chi connectivity index (χ2n) is 5.78. The third-order valence-corrected chi connectivity index (χ3v) is 3.84. The predicted molar refractivity (Wildman–Crippen MR) is 101 cm³/mol. The van der Waals surface area contributed by atoms with Crippen LogP contribution in [0, 0.1) is 6.92 Å². The molecule has 1 aromatic heterocycles. The fourth-order valence-electron chi connectivity index (χ4n) is 2.41. The van der Waals surface area contributed by atoms with Crippen LogP contribution >= 0.6 is 0 Å². The van der Waals surface area contributed by atoms with Gasteiger partial charge < -0.3 is 15.4 Å². The summed E-state index contributed by atoms with van der Waals surface area (Å²) in [4.78, 5) is 20.6. The number of aryl methyl sites for hydroxylation is 1. The van der Waals surface area contributed by atoms with Crippen molar-refractivity contribution >= 4 is 17.4 Å². The summed E-state index contributed by atoms with van der Waals surface area (Å²) in [5.41, 5.74) is 3.28. The monoisotopic (exact) mass is 348 g/mol. The maximum absolute atomic E-state index is 12.4. The Bertz CT molecular complexity index is 894. The maximum Gasteiger partial charge on any atom is 0.270 e. The van der Waals surface area contributed by atoms with Crippen LogP contribution in [-0.2, 0) is 6.54 Å². The first-order valence-corrected chi connectivity index (χ1v) is 8.21. The van der Waals surface area contributed by atoms with Crippen molar-refractivity contribution in [3.05, 3.63) is 77.7 Å². The third kappa shape index (κ3) is 4.36. The van der Waals surface area contributed by atoms with E-state index in [-0.39, 0.29) is 5.91 Å². The number of ether oxygens (including phenoxy) is 1. The normalized spacial score (nSPS) is 10.2. The zero-order chi connectivity index (χ0) is 18.4. The molecule has 6 nitrogen and oxygen atoms in total. The summed E-state index contributed by atoms with van der Waals surface area (Å²) in [5.74, 6) is 0.956. The van der Waals surface area contributed by atoms with Gasteiger partial charge in [0.05, 0.1) is 12.8 Å². The summed E-state index contributed by atoms with van der Waals surface area (Å²) >= 11 is 0. The number of rotatable bonds is 6. The van der Waals surface area contributed by atoms with Crippen molar-refractivity contribution in [3.8, 4) is 5.75 Å². The molecule has 132 valence electrons. The van der Waals surface area contributed by atoms with Gasteiger partial charge in [0.1, 0.15) is 23.6 Å². The number of hydrogen-bond donors (Lipinski definition) is 2. The first-order chi connectivity index (χ1) is 12.7. The summed E-state index contributed by atoms with van der Waals surface area (Å²) in [5, 5.41) is 6.01. The molecule has 1 heterocycles. The molecule has 0 spiro atoms. The average molecular weight is 348 g/mol. The van der Waals surface area contributed by atoms with Crippen LogP contribution in [-0.4, -0.2) is 23.0 Å². The summed E-state index contributed by atoms with van der Waals surface area (Å²) in [7, 11) is 1.60. The molecular formula is C20H20N4O2. The highest BCUT2D eigenvalue weighted by atomic mass is 16.5. The zero-order valence-electron chi connectivity index (χ0n) is 14.7. The first-order valence-electron chi connectivity index (χ1n) is 8.21. The number of aromatic nitrogens is 2. The molecule has 0 aliphatic rings. The van der Waals surface area contributed by atoms with Gasteiger partial charge in [-0.15, -0.1) is 0 Å². The van der Waals surface area contributed by atoms with Gasteiger partial charge in [-0.2, -0.15) is 0 Å². The van der Waals surface area contributed by atoms with Crippen LogP contribution in [0.1, 0.15) is 21.6 Å². The van der Waals surface area contributed by atoms with Gasteiger partial charge in [-0.25, -0.2) is 9.97 Å². The number of para-hydroxylation sites is 2. The minimum atomic E-state index is -0.254. The number of hydrogen-bond acceptors (Lipinski definition) is 5. The largest absolute Gasteiger partial charge is 0.495 e. The van der Waals surface area contributed by atoms with Crippen LogP contribution in [0.4, 0.5) is 11.5 Å². The molecule has 26 heavy (non-hydrogen) atoms. The molecule has 2 N–H and O–H groups in total. The molecule has 3 aromatic rings. The Hall–Kier alpha value is -3.41. The Morgan fingerprint density at radius 3 is 2.62 bits per heavy atom. The maximum atomic E-state index is 12.4. The standard InChI is InChI=1S/C20H20N4O2/c1-14-7-9-15(10-8-14)12-21-20(25)17-11-19(23-13-22-17)24-16-5-3-4-6-18(16)26-2/h3-11,13H,12H2,1-2H3,(H,21,25)(H,22,23,24). The molecule has 0 unspecified atom stereocenters. The Morgan fingerprint density at radius 1 is 1.08 bits per heavy atom. The van der Waals surface area contributed by atoms with Crippen LogP contribution in [0.15, 0.2) is 60.9 Å². The highest BCUT2D eigenvalue weighted by Gasteiger charge is 2.10. The Balaban J connectivity index is 1.68. The van der Waals surface area contributed by atoms with Crippen molar-refractivity contribution in [2.75, 3.05) is 12.4 Å². The SMILES string of the molecule is COc1ccccc1Nc1cc(C(=O)NCc2ccc(C)cc2)ncn1. The van der Waals surface area contributed by atoms with E-state index in [4.69, 9.17) is 4.74 Å². The first kappa shape index (κ1) is 17.4. The molecular weight excluding hydrogens is 328 g/mol. The van der Waals surface area contributed by atoms with Crippen LogP contribution in [0.25, 0.3) is 0 Å². The lowest BCUT2D eigenvalue weighted by Crippen LogP contribution is -2.24. The van der Waals surface area contributed by atoms with Crippen molar-refractivity contribution in [2.24, 2.45) is 0 Å². The lowest BCUT2D eigenvalue weighted by Gasteiger charge is -2.11. The molecule has 0 aliphatic carbocycles. The number of amides is 1. The Labute approximate surface area is 152 Å². The summed E-state index contributed by atoms with van der Waals surface area (Å²) in [6.45, 7) is 2.47. The minimum absolute atomic E-state index is 0.254. The average Bonchev–Trinajstić information content (AvgIpc) is 2.68. The summed E-state index contributed by atoms with van der Waals surface area (Å²) < 4.78 is 5.31. The molecule has 0 atom stereocenters. The van der Waals surface area contributed by atoms with E-state index in [2.05, 4.69) is 20.6 Å². The molecule has 3 rings (SSSR count). The lowest BCUT2D eigenvalue weighted by molar-refractivity contribution is 0.0946. The number of methoxy groups -OCH3 is 1.